The molecule has 3 N–H and O–H groups in total. The average Bonchev–Trinajstić information content (AvgIpc) is 2.73. The van der Waals surface area contributed by atoms with Crippen LogP contribution in [0.5, 0.6) is 11.5 Å². The van der Waals surface area contributed by atoms with Gasteiger partial charge in [-0.15, -0.1) is 0 Å². The molecule has 100 valence electrons. The van der Waals surface area contributed by atoms with Gasteiger partial charge in [0.25, 0.3) is 5.91 Å². The van der Waals surface area contributed by atoms with Crippen molar-refractivity contribution in [1.82, 2.24) is 14.9 Å². The number of carbonyl (C=O) groups is 1. The number of nitrogens with one attached hydrogen (secondary N) is 1. The van der Waals surface area contributed by atoms with Crippen LogP contribution in [0.15, 0.2) is 30.7 Å². The van der Waals surface area contributed by atoms with E-state index in [0.29, 0.717) is 13.0 Å². The molecule has 0 unspecified atom stereocenters. The lowest BCUT2D eigenvalue weighted by Crippen LogP contribution is -2.25. The largest absolute Gasteiger partial charge is 0.508 e. The summed E-state index contributed by atoms with van der Waals surface area (Å²) in [6, 6.07) is 3.77. The molecule has 1 amide bonds. The van der Waals surface area contributed by atoms with Gasteiger partial charge in [0.2, 0.25) is 0 Å². The van der Waals surface area contributed by atoms with Gasteiger partial charge in [0.15, 0.2) is 0 Å². The summed E-state index contributed by atoms with van der Waals surface area (Å²) in [6.45, 7) is 0.437. The van der Waals surface area contributed by atoms with Crippen molar-refractivity contribution in [1.29, 1.82) is 0 Å². The van der Waals surface area contributed by atoms with Crippen LogP contribution in [0, 0.1) is 0 Å². The standard InChI is InChI=1S/C13H15N3O3/c1-16-7-10(15-8-16)2-3-14-13(19)9-4-11(17)6-12(18)5-9/h4-8,17-18H,2-3H2,1H3,(H,14,19). The quantitative estimate of drug-likeness (QED) is 0.759. The van der Waals surface area contributed by atoms with Crippen LogP contribution in [-0.2, 0) is 13.5 Å². The molecule has 19 heavy (non-hydrogen) atoms. The number of phenolic OH excluding ortho intramolecular Hbond substituents is 2. The van der Waals surface area contributed by atoms with Crippen LogP contribution < -0.4 is 5.32 Å². The summed E-state index contributed by atoms with van der Waals surface area (Å²) in [7, 11) is 1.88. The Morgan fingerprint density at radius 1 is 1.32 bits per heavy atom. The Labute approximate surface area is 110 Å². The average molecular weight is 261 g/mol. The first-order valence-electron chi connectivity index (χ1n) is 5.82. The Morgan fingerprint density at radius 2 is 2.00 bits per heavy atom. The molecule has 0 bridgehead atoms. The molecule has 6 heteroatoms. The van der Waals surface area contributed by atoms with Gasteiger partial charge in [-0.2, -0.15) is 0 Å². The van der Waals surface area contributed by atoms with Crippen LogP contribution in [-0.4, -0.2) is 32.2 Å². The summed E-state index contributed by atoms with van der Waals surface area (Å²) in [5, 5.41) is 21.3. The number of carbonyl (C=O) groups excluding carboxylic acids is 1. The van der Waals surface area contributed by atoms with Gasteiger partial charge in [-0.1, -0.05) is 0 Å². The second kappa shape index (κ2) is 5.43. The van der Waals surface area contributed by atoms with Gasteiger partial charge in [-0.3, -0.25) is 4.79 Å². The van der Waals surface area contributed by atoms with Crippen molar-refractivity contribution < 1.29 is 15.0 Å². The summed E-state index contributed by atoms with van der Waals surface area (Å²) in [6.07, 6.45) is 4.20. The molecule has 0 radical (unpaired) electrons. The third kappa shape index (κ3) is 3.48. The lowest BCUT2D eigenvalue weighted by atomic mass is 10.2. The molecule has 1 aromatic heterocycles. The van der Waals surface area contributed by atoms with Crippen molar-refractivity contribution in [3.63, 3.8) is 0 Å². The minimum atomic E-state index is -0.345. The molecule has 0 atom stereocenters. The Hall–Kier alpha value is -2.50. The van der Waals surface area contributed by atoms with Crippen molar-refractivity contribution in [3.8, 4) is 11.5 Å². The lowest BCUT2D eigenvalue weighted by Gasteiger charge is -2.05. The molecule has 0 saturated carbocycles. The Morgan fingerprint density at radius 3 is 2.58 bits per heavy atom. The van der Waals surface area contributed by atoms with Crippen LogP contribution in [0.3, 0.4) is 0 Å². The van der Waals surface area contributed by atoms with Crippen molar-refractivity contribution in [3.05, 3.63) is 42.0 Å². The predicted octanol–water partition coefficient (Wildman–Crippen LogP) is 0.804. The normalized spacial score (nSPS) is 10.4. The maximum Gasteiger partial charge on any atom is 0.251 e. The molecule has 0 aliphatic rings. The van der Waals surface area contributed by atoms with Gasteiger partial charge in [0.1, 0.15) is 11.5 Å². The van der Waals surface area contributed by atoms with Crippen LogP contribution in [0.1, 0.15) is 16.1 Å². The fourth-order valence-electron chi connectivity index (χ4n) is 1.73. The van der Waals surface area contributed by atoms with Gasteiger partial charge < -0.3 is 20.1 Å². The zero-order valence-electron chi connectivity index (χ0n) is 10.5. The van der Waals surface area contributed by atoms with Crippen LogP contribution in [0.25, 0.3) is 0 Å². The van der Waals surface area contributed by atoms with Crippen molar-refractivity contribution in [2.45, 2.75) is 6.42 Å². The topological polar surface area (TPSA) is 87.4 Å². The second-order valence-corrected chi connectivity index (χ2v) is 4.27. The molecular weight excluding hydrogens is 246 g/mol. The third-order valence-electron chi connectivity index (χ3n) is 2.59. The SMILES string of the molecule is Cn1cnc(CCNC(=O)c2cc(O)cc(O)c2)c1. The highest BCUT2D eigenvalue weighted by Crippen LogP contribution is 2.20. The van der Waals surface area contributed by atoms with E-state index in [2.05, 4.69) is 10.3 Å². The molecule has 1 heterocycles. The number of benzene rings is 1. The number of hydrogen-bond donors (Lipinski definition) is 3. The zero-order valence-corrected chi connectivity index (χ0v) is 10.5. The van der Waals surface area contributed by atoms with E-state index >= 15 is 0 Å². The number of aromatic nitrogens is 2. The summed E-state index contributed by atoms with van der Waals surface area (Å²) in [4.78, 5) is 15.9. The van der Waals surface area contributed by atoms with E-state index in [9.17, 15) is 15.0 Å². The molecule has 0 fully saturated rings. The Bertz CT molecular complexity index is 572. The minimum Gasteiger partial charge on any atom is -0.508 e. The maximum absolute atomic E-state index is 11.8. The Balaban J connectivity index is 1.90. The first-order chi connectivity index (χ1) is 9.04. The fraction of sp³-hybridized carbons (Fsp3) is 0.231. The molecule has 2 rings (SSSR count). The van der Waals surface area contributed by atoms with E-state index in [1.807, 2.05) is 17.8 Å². The zero-order chi connectivity index (χ0) is 13.8. The predicted molar refractivity (Wildman–Crippen MR) is 69.0 cm³/mol. The monoisotopic (exact) mass is 261 g/mol. The third-order valence-corrected chi connectivity index (χ3v) is 2.59. The summed E-state index contributed by atoms with van der Waals surface area (Å²) in [5.74, 6) is -0.633. The number of amides is 1. The maximum atomic E-state index is 11.8. The van der Waals surface area contributed by atoms with Crippen LogP contribution in [0.2, 0.25) is 0 Å². The minimum absolute atomic E-state index is 0.144. The number of aryl methyl sites for hydroxylation is 1. The van der Waals surface area contributed by atoms with Gasteiger partial charge >= 0.3 is 0 Å². The number of aromatic hydroxyl groups is 2. The van der Waals surface area contributed by atoms with Crippen LogP contribution >= 0.6 is 0 Å². The van der Waals surface area contributed by atoms with Gasteiger partial charge in [0, 0.05) is 37.8 Å². The van der Waals surface area contributed by atoms with E-state index in [1.54, 1.807) is 6.33 Å². The molecule has 0 spiro atoms. The molecule has 0 aliphatic carbocycles. The van der Waals surface area contributed by atoms with E-state index < -0.39 is 0 Å². The first kappa shape index (κ1) is 12.9. The highest BCUT2D eigenvalue weighted by Gasteiger charge is 2.08. The number of hydrogen-bond acceptors (Lipinski definition) is 4. The fourth-order valence-corrected chi connectivity index (χ4v) is 1.73. The van der Waals surface area contributed by atoms with Gasteiger partial charge in [-0.25, -0.2) is 4.98 Å². The molecule has 2 aromatic rings. The summed E-state index contributed by atoms with van der Waals surface area (Å²) >= 11 is 0. The highest BCUT2D eigenvalue weighted by molar-refractivity contribution is 5.95. The first-order valence-corrected chi connectivity index (χ1v) is 5.82. The number of nitrogens with zero attached hydrogens (tertiary/aromatic N) is 2. The van der Waals surface area contributed by atoms with Gasteiger partial charge in [0.05, 0.1) is 12.0 Å². The van der Waals surface area contributed by atoms with E-state index in [1.165, 1.54) is 18.2 Å². The van der Waals surface area contributed by atoms with Crippen molar-refractivity contribution in [2.24, 2.45) is 7.05 Å². The lowest BCUT2D eigenvalue weighted by molar-refractivity contribution is 0.0953. The molecular formula is C13H15N3O3. The second-order valence-electron chi connectivity index (χ2n) is 4.27. The number of phenols is 2. The summed E-state index contributed by atoms with van der Waals surface area (Å²) in [5.41, 5.74) is 1.11. The van der Waals surface area contributed by atoms with Crippen LogP contribution in [0.4, 0.5) is 0 Å². The highest BCUT2D eigenvalue weighted by atomic mass is 16.3. The molecule has 0 aliphatic heterocycles. The Kier molecular flexibility index (Phi) is 3.70. The molecule has 1 aromatic carbocycles. The smallest absolute Gasteiger partial charge is 0.251 e. The van der Waals surface area contributed by atoms with Gasteiger partial charge in [-0.05, 0) is 12.1 Å². The van der Waals surface area contributed by atoms with E-state index in [0.717, 1.165) is 5.69 Å². The molecule has 6 nitrogen and oxygen atoms in total. The van der Waals surface area contributed by atoms with Crippen molar-refractivity contribution in [2.75, 3.05) is 6.54 Å². The number of rotatable bonds is 4. The number of imidazole rings is 1. The van der Waals surface area contributed by atoms with Crippen molar-refractivity contribution >= 4 is 5.91 Å². The molecule has 0 saturated heterocycles. The van der Waals surface area contributed by atoms with E-state index in [4.69, 9.17) is 0 Å². The summed E-state index contributed by atoms with van der Waals surface area (Å²) < 4.78 is 1.84. The van der Waals surface area contributed by atoms with E-state index in [-0.39, 0.29) is 23.0 Å².